The number of carboxylic acid groups (broad SMARTS) is 1. The van der Waals surface area contributed by atoms with Gasteiger partial charge >= 0.3 is 12.1 Å². The molecular weight excluding hydrogens is 413 g/mol. The molecule has 0 amide bonds. The fraction of sp³-hybridized carbons (Fsp3) is 0.200. The van der Waals surface area contributed by atoms with Crippen LogP contribution in [0.5, 0.6) is 0 Å². The summed E-state index contributed by atoms with van der Waals surface area (Å²) in [6.07, 6.45) is -2.70. The lowest BCUT2D eigenvalue weighted by molar-refractivity contribution is -0.176. The van der Waals surface area contributed by atoms with Crippen LogP contribution in [0.4, 0.5) is 13.2 Å². The number of rotatable bonds is 6. The standard InChI is InChI=1S/C15H10ClF3N2O3S2/c1-25-14-20-6-9(10(13(23)24)11(22)15(17,18)19)12(21-14)26-8-4-2-7(16)3-5-8/h2-6,10H,1H3,(H,23,24). The first kappa shape index (κ1) is 20.5. The minimum Gasteiger partial charge on any atom is -0.480 e. The van der Waals surface area contributed by atoms with Gasteiger partial charge < -0.3 is 5.11 Å². The van der Waals surface area contributed by atoms with E-state index in [1.807, 2.05) is 0 Å². The first-order valence-corrected chi connectivity index (χ1v) is 9.23. The average molecular weight is 423 g/mol. The molecule has 1 atom stereocenters. The smallest absolute Gasteiger partial charge is 0.451 e. The van der Waals surface area contributed by atoms with E-state index in [0.717, 1.165) is 29.7 Å². The van der Waals surface area contributed by atoms with Crippen molar-refractivity contribution in [3.8, 4) is 0 Å². The van der Waals surface area contributed by atoms with E-state index in [2.05, 4.69) is 9.97 Å². The summed E-state index contributed by atoms with van der Waals surface area (Å²) >= 11 is 7.84. The molecule has 1 heterocycles. The summed E-state index contributed by atoms with van der Waals surface area (Å²) in [6.45, 7) is 0. The monoisotopic (exact) mass is 422 g/mol. The Morgan fingerprint density at radius 1 is 1.23 bits per heavy atom. The summed E-state index contributed by atoms with van der Waals surface area (Å²) in [6, 6.07) is 6.32. The lowest BCUT2D eigenvalue weighted by Gasteiger charge is -2.16. The normalized spacial score (nSPS) is 12.7. The summed E-state index contributed by atoms with van der Waals surface area (Å²) < 4.78 is 38.4. The number of aromatic nitrogens is 2. The number of hydrogen-bond donors (Lipinski definition) is 1. The van der Waals surface area contributed by atoms with Gasteiger partial charge in [0.15, 0.2) is 11.1 Å². The summed E-state index contributed by atoms with van der Waals surface area (Å²) in [4.78, 5) is 31.5. The van der Waals surface area contributed by atoms with E-state index in [0.29, 0.717) is 9.92 Å². The number of hydrogen-bond acceptors (Lipinski definition) is 6. The predicted octanol–water partition coefficient (Wildman–Crippen LogP) is 4.30. The van der Waals surface area contributed by atoms with Crippen molar-refractivity contribution in [2.75, 3.05) is 6.26 Å². The van der Waals surface area contributed by atoms with E-state index < -0.39 is 29.4 Å². The highest BCUT2D eigenvalue weighted by Gasteiger charge is 2.48. The molecule has 26 heavy (non-hydrogen) atoms. The molecule has 11 heteroatoms. The number of ketones is 1. The number of carbonyl (C=O) groups is 2. The molecule has 0 aliphatic rings. The number of Topliss-reactive ketones (excluding diaryl/α,β-unsaturated/α-hetero) is 1. The van der Waals surface area contributed by atoms with Crippen molar-refractivity contribution in [3.05, 3.63) is 41.0 Å². The predicted molar refractivity (Wildman–Crippen MR) is 90.8 cm³/mol. The maximum Gasteiger partial charge on any atom is 0.451 e. The molecule has 0 saturated heterocycles. The quantitative estimate of drug-likeness (QED) is 0.321. The number of alkyl halides is 3. The van der Waals surface area contributed by atoms with E-state index in [1.165, 1.54) is 0 Å². The van der Waals surface area contributed by atoms with Gasteiger partial charge in [0.25, 0.3) is 5.78 Å². The Hall–Kier alpha value is -1.78. The van der Waals surface area contributed by atoms with Gasteiger partial charge in [-0.15, -0.1) is 0 Å². The van der Waals surface area contributed by atoms with Crippen LogP contribution in [0.25, 0.3) is 0 Å². The molecule has 0 spiro atoms. The Balaban J connectivity index is 2.53. The van der Waals surface area contributed by atoms with Crippen molar-refractivity contribution in [3.63, 3.8) is 0 Å². The van der Waals surface area contributed by atoms with Crippen LogP contribution in [-0.4, -0.2) is 39.3 Å². The number of carboxylic acids is 1. The van der Waals surface area contributed by atoms with Crippen molar-refractivity contribution in [2.45, 2.75) is 27.2 Å². The van der Waals surface area contributed by atoms with Gasteiger partial charge in [-0.2, -0.15) is 13.2 Å². The number of aliphatic carboxylic acids is 1. The second-order valence-electron chi connectivity index (χ2n) is 4.81. The molecule has 1 aromatic heterocycles. The van der Waals surface area contributed by atoms with E-state index in [4.69, 9.17) is 11.6 Å². The average Bonchev–Trinajstić information content (AvgIpc) is 2.57. The summed E-state index contributed by atoms with van der Waals surface area (Å²) in [5.41, 5.74) is -0.419. The largest absolute Gasteiger partial charge is 0.480 e. The molecule has 1 N–H and O–H groups in total. The van der Waals surface area contributed by atoms with Crippen LogP contribution in [0.15, 0.2) is 45.5 Å². The summed E-state index contributed by atoms with van der Waals surface area (Å²) in [5.74, 6) is -6.75. The summed E-state index contributed by atoms with van der Waals surface area (Å²) in [7, 11) is 0. The molecule has 2 aromatic rings. The van der Waals surface area contributed by atoms with Gasteiger partial charge in [-0.3, -0.25) is 9.59 Å². The Labute approximate surface area is 159 Å². The SMILES string of the molecule is CSc1ncc(C(C(=O)O)C(=O)C(F)(F)F)c(Sc2ccc(Cl)cc2)n1. The van der Waals surface area contributed by atoms with Gasteiger partial charge in [-0.25, -0.2) is 9.97 Å². The first-order valence-electron chi connectivity index (χ1n) is 6.81. The second kappa shape index (κ2) is 8.28. The highest BCUT2D eigenvalue weighted by molar-refractivity contribution is 7.99. The van der Waals surface area contributed by atoms with Crippen molar-refractivity contribution in [1.29, 1.82) is 0 Å². The second-order valence-corrected chi connectivity index (χ2v) is 7.08. The Morgan fingerprint density at radius 3 is 2.35 bits per heavy atom. The fourth-order valence-electron chi connectivity index (χ4n) is 1.90. The van der Waals surface area contributed by atoms with E-state index in [9.17, 15) is 27.9 Å². The van der Waals surface area contributed by atoms with Gasteiger partial charge in [-0.05, 0) is 30.5 Å². The third-order valence-corrected chi connectivity index (χ3v) is 4.91. The number of halogens is 4. The van der Waals surface area contributed by atoms with Gasteiger partial charge in [-0.1, -0.05) is 35.1 Å². The Bertz CT molecular complexity index is 832. The van der Waals surface area contributed by atoms with Crippen LogP contribution in [0.2, 0.25) is 5.02 Å². The third-order valence-electron chi connectivity index (χ3n) is 3.07. The maximum absolute atomic E-state index is 12.8. The first-order chi connectivity index (χ1) is 12.1. The van der Waals surface area contributed by atoms with Gasteiger partial charge in [0, 0.05) is 21.7 Å². The molecule has 0 saturated carbocycles. The van der Waals surface area contributed by atoms with Crippen LogP contribution >= 0.6 is 35.1 Å². The molecule has 0 aliphatic carbocycles. The zero-order valence-corrected chi connectivity index (χ0v) is 15.3. The molecule has 1 aromatic carbocycles. The topological polar surface area (TPSA) is 80.1 Å². The Kier molecular flexibility index (Phi) is 6.53. The van der Waals surface area contributed by atoms with Crippen LogP contribution in [0, 0.1) is 0 Å². The van der Waals surface area contributed by atoms with Crippen molar-refractivity contribution >= 4 is 46.9 Å². The molecule has 2 rings (SSSR count). The summed E-state index contributed by atoms with van der Waals surface area (Å²) in [5, 5.41) is 9.85. The van der Waals surface area contributed by atoms with Crippen molar-refractivity contribution in [1.82, 2.24) is 9.97 Å². The maximum atomic E-state index is 12.8. The van der Waals surface area contributed by atoms with E-state index in [1.54, 1.807) is 30.5 Å². The van der Waals surface area contributed by atoms with Gasteiger partial charge in [0.05, 0.1) is 0 Å². The van der Waals surface area contributed by atoms with Gasteiger partial charge in [0.1, 0.15) is 5.03 Å². The van der Waals surface area contributed by atoms with Crippen LogP contribution in [0.1, 0.15) is 11.5 Å². The molecule has 5 nitrogen and oxygen atoms in total. The highest BCUT2D eigenvalue weighted by Crippen LogP contribution is 2.36. The minimum absolute atomic E-state index is 0.0447. The lowest BCUT2D eigenvalue weighted by atomic mass is 9.97. The molecule has 0 bridgehead atoms. The van der Waals surface area contributed by atoms with Crippen molar-refractivity contribution in [2.24, 2.45) is 0 Å². The highest BCUT2D eigenvalue weighted by atomic mass is 35.5. The molecule has 0 radical (unpaired) electrons. The number of benzene rings is 1. The van der Waals surface area contributed by atoms with E-state index in [-0.39, 0.29) is 10.2 Å². The van der Waals surface area contributed by atoms with Crippen LogP contribution < -0.4 is 0 Å². The number of thioether (sulfide) groups is 1. The molecule has 1 unspecified atom stereocenters. The van der Waals surface area contributed by atoms with Crippen LogP contribution in [0.3, 0.4) is 0 Å². The van der Waals surface area contributed by atoms with Gasteiger partial charge in [0.2, 0.25) is 0 Å². The van der Waals surface area contributed by atoms with Crippen LogP contribution in [-0.2, 0) is 9.59 Å². The molecule has 0 fully saturated rings. The van der Waals surface area contributed by atoms with Crippen molar-refractivity contribution < 1.29 is 27.9 Å². The zero-order chi connectivity index (χ0) is 19.5. The number of nitrogens with zero attached hydrogens (tertiary/aromatic N) is 2. The van der Waals surface area contributed by atoms with E-state index >= 15 is 0 Å². The molecule has 0 aliphatic heterocycles. The molecular formula is C15H10ClF3N2O3S2. The molecule has 138 valence electrons. The number of carbonyl (C=O) groups excluding carboxylic acids is 1. The minimum atomic E-state index is -5.30. The third kappa shape index (κ3) is 4.89. The Morgan fingerprint density at radius 2 is 1.85 bits per heavy atom. The zero-order valence-electron chi connectivity index (χ0n) is 13.0. The fourth-order valence-corrected chi connectivity index (χ4v) is 3.34. The lowest BCUT2D eigenvalue weighted by Crippen LogP contribution is -2.34.